The fourth-order valence-electron chi connectivity index (χ4n) is 0.679. The first-order chi connectivity index (χ1) is 5.16. The summed E-state index contributed by atoms with van der Waals surface area (Å²) < 4.78 is 0. The molecule has 0 rings (SSSR count). The summed E-state index contributed by atoms with van der Waals surface area (Å²) in [5.74, 6) is 0.131. The van der Waals surface area contributed by atoms with Crippen molar-refractivity contribution >= 4 is 5.96 Å². The van der Waals surface area contributed by atoms with Crippen molar-refractivity contribution in [2.75, 3.05) is 13.1 Å². The van der Waals surface area contributed by atoms with E-state index in [4.69, 9.17) is 22.9 Å². The second-order valence-electron chi connectivity index (χ2n) is 2.44. The summed E-state index contributed by atoms with van der Waals surface area (Å²) in [7, 11) is 0. The van der Waals surface area contributed by atoms with Crippen molar-refractivity contribution in [2.45, 2.75) is 18.9 Å². The van der Waals surface area contributed by atoms with Gasteiger partial charge in [-0.15, -0.1) is 0 Å². The van der Waals surface area contributed by atoms with E-state index >= 15 is 0 Å². The molecular formula is C6H17N5. The normalized spacial score (nSPS) is 12.5. The van der Waals surface area contributed by atoms with Gasteiger partial charge < -0.3 is 22.9 Å². The Balaban J connectivity index is 3.21. The minimum atomic E-state index is 0.0733. The first kappa shape index (κ1) is 10.2. The predicted molar refractivity (Wildman–Crippen MR) is 46.9 cm³/mol. The Bertz CT molecular complexity index is 118. The van der Waals surface area contributed by atoms with E-state index in [0.717, 1.165) is 12.8 Å². The molecule has 0 fully saturated rings. The van der Waals surface area contributed by atoms with Crippen molar-refractivity contribution in [3.8, 4) is 0 Å². The van der Waals surface area contributed by atoms with Gasteiger partial charge in [0.1, 0.15) is 0 Å². The monoisotopic (exact) mass is 159 g/mol. The van der Waals surface area contributed by atoms with Crippen LogP contribution in [0.25, 0.3) is 0 Å². The number of nitrogens with zero attached hydrogens (tertiary/aromatic N) is 1. The summed E-state index contributed by atoms with van der Waals surface area (Å²) in [6.07, 6.45) is 1.75. The topological polar surface area (TPSA) is 116 Å². The number of hydrogen-bond acceptors (Lipinski definition) is 3. The van der Waals surface area contributed by atoms with Crippen molar-refractivity contribution in [1.82, 2.24) is 0 Å². The summed E-state index contributed by atoms with van der Waals surface area (Å²) >= 11 is 0. The highest BCUT2D eigenvalue weighted by atomic mass is 15.0. The van der Waals surface area contributed by atoms with Crippen molar-refractivity contribution in [3.05, 3.63) is 0 Å². The van der Waals surface area contributed by atoms with Crippen LogP contribution in [0.15, 0.2) is 4.99 Å². The molecule has 1 unspecified atom stereocenters. The standard InChI is InChI=1S/C6H17N5/c7-4-5(8)2-1-3-11-6(9)10/h5H,1-4,7-8H2,(H4,9,10,11). The first-order valence-corrected chi connectivity index (χ1v) is 3.68. The Kier molecular flexibility index (Phi) is 5.50. The third kappa shape index (κ3) is 7.08. The Morgan fingerprint density at radius 3 is 2.45 bits per heavy atom. The number of aliphatic imine (C=N–C) groups is 1. The molecule has 0 heterocycles. The van der Waals surface area contributed by atoms with Gasteiger partial charge in [-0.1, -0.05) is 0 Å². The summed E-state index contributed by atoms with van der Waals surface area (Å²) in [4.78, 5) is 3.81. The smallest absolute Gasteiger partial charge is 0.185 e. The maximum atomic E-state index is 5.55. The second-order valence-corrected chi connectivity index (χ2v) is 2.44. The number of nitrogens with two attached hydrogens (primary N) is 4. The first-order valence-electron chi connectivity index (χ1n) is 3.68. The van der Waals surface area contributed by atoms with Crippen LogP contribution >= 0.6 is 0 Å². The molecule has 0 aromatic rings. The lowest BCUT2D eigenvalue weighted by Crippen LogP contribution is -2.29. The van der Waals surface area contributed by atoms with Gasteiger partial charge in [-0.25, -0.2) is 0 Å². The zero-order valence-corrected chi connectivity index (χ0v) is 6.66. The number of hydrogen-bond donors (Lipinski definition) is 4. The van der Waals surface area contributed by atoms with Crippen LogP contribution in [0.1, 0.15) is 12.8 Å². The van der Waals surface area contributed by atoms with Gasteiger partial charge in [-0.05, 0) is 12.8 Å². The molecule has 1 atom stereocenters. The lowest BCUT2D eigenvalue weighted by atomic mass is 10.2. The van der Waals surface area contributed by atoms with Gasteiger partial charge in [0, 0.05) is 19.1 Å². The van der Waals surface area contributed by atoms with E-state index in [0.29, 0.717) is 13.1 Å². The highest BCUT2D eigenvalue weighted by Crippen LogP contribution is 1.92. The Hall–Kier alpha value is -0.810. The van der Waals surface area contributed by atoms with E-state index in [2.05, 4.69) is 4.99 Å². The van der Waals surface area contributed by atoms with Gasteiger partial charge in [0.25, 0.3) is 0 Å². The highest BCUT2D eigenvalue weighted by molar-refractivity contribution is 5.75. The fraction of sp³-hybridized carbons (Fsp3) is 0.833. The van der Waals surface area contributed by atoms with E-state index in [9.17, 15) is 0 Å². The van der Waals surface area contributed by atoms with Crippen molar-refractivity contribution in [1.29, 1.82) is 0 Å². The molecule has 0 saturated heterocycles. The molecule has 0 amide bonds. The average molecular weight is 159 g/mol. The van der Waals surface area contributed by atoms with E-state index < -0.39 is 0 Å². The van der Waals surface area contributed by atoms with Crippen LogP contribution < -0.4 is 22.9 Å². The Labute approximate surface area is 66.8 Å². The summed E-state index contributed by atoms with van der Waals surface area (Å²) in [5.41, 5.74) is 21.1. The van der Waals surface area contributed by atoms with E-state index in [-0.39, 0.29) is 12.0 Å². The SMILES string of the molecule is NCC(N)CCCN=C(N)N. The number of guanidine groups is 1. The molecule has 11 heavy (non-hydrogen) atoms. The average Bonchev–Trinajstić information content (AvgIpc) is 1.97. The molecule has 5 heteroatoms. The molecule has 0 aliphatic carbocycles. The fourth-order valence-corrected chi connectivity index (χ4v) is 0.679. The quantitative estimate of drug-likeness (QED) is 0.218. The molecule has 0 aliphatic rings. The molecule has 0 aliphatic heterocycles. The molecule has 5 nitrogen and oxygen atoms in total. The second kappa shape index (κ2) is 5.94. The van der Waals surface area contributed by atoms with Crippen molar-refractivity contribution in [2.24, 2.45) is 27.9 Å². The minimum Gasteiger partial charge on any atom is -0.370 e. The van der Waals surface area contributed by atoms with Gasteiger partial charge in [-0.2, -0.15) is 0 Å². The van der Waals surface area contributed by atoms with Crippen molar-refractivity contribution in [3.63, 3.8) is 0 Å². The summed E-state index contributed by atoms with van der Waals surface area (Å²) in [6.45, 7) is 1.15. The lowest BCUT2D eigenvalue weighted by molar-refractivity contribution is 0.596. The van der Waals surface area contributed by atoms with Crippen LogP contribution in [0.5, 0.6) is 0 Å². The van der Waals surface area contributed by atoms with Gasteiger partial charge in [-0.3, -0.25) is 4.99 Å². The zero-order valence-electron chi connectivity index (χ0n) is 6.66. The Morgan fingerprint density at radius 2 is 2.00 bits per heavy atom. The molecule has 0 saturated carbocycles. The van der Waals surface area contributed by atoms with Gasteiger partial charge in [0.2, 0.25) is 0 Å². The van der Waals surface area contributed by atoms with Crippen LogP contribution in [0.2, 0.25) is 0 Å². The molecule has 66 valence electrons. The summed E-state index contributed by atoms with van der Waals surface area (Å²) in [5, 5.41) is 0. The van der Waals surface area contributed by atoms with Crippen LogP contribution in [0.3, 0.4) is 0 Å². The molecule has 0 radical (unpaired) electrons. The van der Waals surface area contributed by atoms with Crippen LogP contribution in [-0.4, -0.2) is 25.1 Å². The molecule has 0 bridgehead atoms. The van der Waals surface area contributed by atoms with Crippen LogP contribution in [0, 0.1) is 0 Å². The molecule has 0 spiro atoms. The maximum absolute atomic E-state index is 5.55. The third-order valence-electron chi connectivity index (χ3n) is 1.33. The lowest BCUT2D eigenvalue weighted by Gasteiger charge is -2.05. The zero-order chi connectivity index (χ0) is 8.69. The predicted octanol–water partition coefficient (Wildman–Crippen LogP) is -1.67. The largest absolute Gasteiger partial charge is 0.370 e. The van der Waals surface area contributed by atoms with Crippen LogP contribution in [0.4, 0.5) is 0 Å². The van der Waals surface area contributed by atoms with Gasteiger partial charge in [0.05, 0.1) is 0 Å². The molecule has 0 aromatic heterocycles. The third-order valence-corrected chi connectivity index (χ3v) is 1.33. The molecule has 0 aromatic carbocycles. The van der Waals surface area contributed by atoms with Gasteiger partial charge in [0.15, 0.2) is 5.96 Å². The molecular weight excluding hydrogens is 142 g/mol. The van der Waals surface area contributed by atoms with E-state index in [1.165, 1.54) is 0 Å². The minimum absolute atomic E-state index is 0.0733. The van der Waals surface area contributed by atoms with Gasteiger partial charge >= 0.3 is 0 Å². The highest BCUT2D eigenvalue weighted by Gasteiger charge is 1.96. The Morgan fingerprint density at radius 1 is 1.36 bits per heavy atom. The number of rotatable bonds is 5. The van der Waals surface area contributed by atoms with Crippen LogP contribution in [-0.2, 0) is 0 Å². The van der Waals surface area contributed by atoms with E-state index in [1.54, 1.807) is 0 Å². The summed E-state index contributed by atoms with van der Waals surface area (Å²) in [6, 6.07) is 0.0733. The molecule has 8 N–H and O–H groups in total. The van der Waals surface area contributed by atoms with E-state index in [1.807, 2.05) is 0 Å². The maximum Gasteiger partial charge on any atom is 0.185 e. The van der Waals surface area contributed by atoms with Crippen molar-refractivity contribution < 1.29 is 0 Å².